The van der Waals surface area contributed by atoms with Gasteiger partial charge >= 0.3 is 6.09 Å². The summed E-state index contributed by atoms with van der Waals surface area (Å²) in [7, 11) is 0. The fourth-order valence-corrected chi connectivity index (χ4v) is 3.79. The Balaban J connectivity index is 1.71. The second-order valence-electron chi connectivity index (χ2n) is 7.04. The highest BCUT2D eigenvalue weighted by molar-refractivity contribution is 9.10. The molecular formula is C15H22BrN3O2. The van der Waals surface area contributed by atoms with Crippen LogP contribution in [0.3, 0.4) is 0 Å². The number of amides is 1. The molecule has 1 aromatic rings. The molecule has 0 aliphatic carbocycles. The molecule has 0 N–H and O–H groups in total. The third kappa shape index (κ3) is 3.10. The van der Waals surface area contributed by atoms with Crippen molar-refractivity contribution in [1.82, 2.24) is 14.7 Å². The quantitative estimate of drug-likeness (QED) is 0.770. The Hall–Kier alpha value is -1.04. The smallest absolute Gasteiger partial charge is 0.410 e. The molecule has 0 radical (unpaired) electrons. The van der Waals surface area contributed by atoms with Gasteiger partial charge in [0.15, 0.2) is 0 Å². The van der Waals surface area contributed by atoms with Crippen molar-refractivity contribution >= 4 is 22.0 Å². The summed E-state index contributed by atoms with van der Waals surface area (Å²) >= 11 is 3.44. The van der Waals surface area contributed by atoms with Crippen molar-refractivity contribution in [1.29, 1.82) is 0 Å². The van der Waals surface area contributed by atoms with Gasteiger partial charge in [-0.1, -0.05) is 0 Å². The van der Waals surface area contributed by atoms with Crippen molar-refractivity contribution in [2.75, 3.05) is 0 Å². The monoisotopic (exact) mass is 355 g/mol. The van der Waals surface area contributed by atoms with E-state index in [0.29, 0.717) is 6.04 Å². The Kier molecular flexibility index (Phi) is 3.76. The van der Waals surface area contributed by atoms with Gasteiger partial charge in [0.05, 0.1) is 16.7 Å². The summed E-state index contributed by atoms with van der Waals surface area (Å²) in [5.41, 5.74) is -0.430. The van der Waals surface area contributed by atoms with E-state index in [1.165, 1.54) is 0 Å². The van der Waals surface area contributed by atoms with E-state index in [-0.39, 0.29) is 18.2 Å². The third-order valence-corrected chi connectivity index (χ3v) is 4.67. The summed E-state index contributed by atoms with van der Waals surface area (Å²) in [6, 6.07) is 0.950. The van der Waals surface area contributed by atoms with Crippen LogP contribution in [0, 0.1) is 0 Å². The highest BCUT2D eigenvalue weighted by Crippen LogP contribution is 2.41. The zero-order chi connectivity index (χ0) is 15.2. The maximum absolute atomic E-state index is 12.4. The molecule has 21 heavy (non-hydrogen) atoms. The van der Waals surface area contributed by atoms with Crippen molar-refractivity contribution in [2.24, 2.45) is 0 Å². The molecule has 2 aliphatic heterocycles. The molecule has 0 aromatic carbocycles. The average molecular weight is 356 g/mol. The van der Waals surface area contributed by atoms with E-state index in [1.54, 1.807) is 0 Å². The minimum Gasteiger partial charge on any atom is -0.444 e. The van der Waals surface area contributed by atoms with Crippen molar-refractivity contribution in [3.05, 3.63) is 16.9 Å². The van der Waals surface area contributed by atoms with Gasteiger partial charge in [0.25, 0.3) is 0 Å². The number of hydrogen-bond donors (Lipinski definition) is 0. The number of carbonyl (C=O) groups is 1. The molecule has 3 heterocycles. The third-order valence-electron chi connectivity index (χ3n) is 4.26. The summed E-state index contributed by atoms with van der Waals surface area (Å²) in [6.07, 6.45) is 7.75. The van der Waals surface area contributed by atoms with E-state index in [9.17, 15) is 4.79 Å². The second-order valence-corrected chi connectivity index (χ2v) is 7.95. The molecule has 2 aliphatic rings. The average Bonchev–Trinajstić information content (AvgIpc) is 2.89. The van der Waals surface area contributed by atoms with Crippen LogP contribution in [0.5, 0.6) is 0 Å². The number of ether oxygens (including phenoxy) is 1. The molecule has 5 nitrogen and oxygen atoms in total. The lowest BCUT2D eigenvalue weighted by atomic mass is 9.98. The van der Waals surface area contributed by atoms with Crippen LogP contribution in [-0.2, 0) is 4.74 Å². The van der Waals surface area contributed by atoms with E-state index in [0.717, 1.165) is 30.2 Å². The topological polar surface area (TPSA) is 47.4 Å². The van der Waals surface area contributed by atoms with Crippen molar-refractivity contribution in [2.45, 2.75) is 70.2 Å². The molecule has 6 heteroatoms. The van der Waals surface area contributed by atoms with E-state index < -0.39 is 5.60 Å². The lowest BCUT2D eigenvalue weighted by Gasteiger charge is -2.39. The Labute approximate surface area is 133 Å². The van der Waals surface area contributed by atoms with Gasteiger partial charge in [-0.05, 0) is 62.4 Å². The Morgan fingerprint density at radius 3 is 2.38 bits per heavy atom. The summed E-state index contributed by atoms with van der Waals surface area (Å²) in [6.45, 7) is 5.75. The SMILES string of the molecule is CC(C)(C)OC(=O)N1[C@@H]2CC[C@H]1CC(n1cc(Br)cn1)C2. The number of nitrogens with zero attached hydrogens (tertiary/aromatic N) is 3. The van der Waals surface area contributed by atoms with Crippen LogP contribution in [0.25, 0.3) is 0 Å². The number of rotatable bonds is 1. The minimum absolute atomic E-state index is 0.157. The molecule has 0 spiro atoms. The van der Waals surface area contributed by atoms with Crippen molar-refractivity contribution in [3.8, 4) is 0 Å². The molecule has 1 amide bonds. The molecule has 116 valence electrons. The number of halogens is 1. The predicted molar refractivity (Wildman–Crippen MR) is 83.1 cm³/mol. The van der Waals surface area contributed by atoms with Crippen LogP contribution in [0.1, 0.15) is 52.5 Å². The standard InChI is InChI=1S/C15H22BrN3O2/c1-15(2,3)21-14(20)19-11-4-5-12(19)7-13(6-11)18-9-10(16)8-17-18/h8-9,11-13H,4-7H2,1-3H3/t11-,12+,13?. The van der Waals surface area contributed by atoms with Crippen LogP contribution in [-0.4, -0.2) is 38.5 Å². The Morgan fingerprint density at radius 1 is 1.29 bits per heavy atom. The first-order valence-corrected chi connectivity index (χ1v) is 8.34. The first-order valence-electron chi connectivity index (χ1n) is 7.54. The zero-order valence-corrected chi connectivity index (χ0v) is 14.3. The van der Waals surface area contributed by atoms with Crippen molar-refractivity contribution < 1.29 is 9.53 Å². The summed E-state index contributed by atoms with van der Waals surface area (Å²) < 4.78 is 8.59. The molecule has 1 unspecified atom stereocenters. The largest absolute Gasteiger partial charge is 0.444 e. The number of piperidine rings is 1. The van der Waals surface area contributed by atoms with Gasteiger partial charge in [0.1, 0.15) is 5.60 Å². The van der Waals surface area contributed by atoms with Gasteiger partial charge in [0.2, 0.25) is 0 Å². The van der Waals surface area contributed by atoms with Crippen LogP contribution >= 0.6 is 15.9 Å². The second kappa shape index (κ2) is 5.30. The van der Waals surface area contributed by atoms with Crippen LogP contribution in [0.2, 0.25) is 0 Å². The highest BCUT2D eigenvalue weighted by atomic mass is 79.9. The van der Waals surface area contributed by atoms with E-state index in [1.807, 2.05) is 42.7 Å². The summed E-state index contributed by atoms with van der Waals surface area (Å²) in [5, 5.41) is 4.40. The highest BCUT2D eigenvalue weighted by Gasteiger charge is 2.45. The molecule has 2 bridgehead atoms. The fraction of sp³-hybridized carbons (Fsp3) is 0.733. The van der Waals surface area contributed by atoms with E-state index in [2.05, 4.69) is 21.0 Å². The molecular weight excluding hydrogens is 334 g/mol. The van der Waals surface area contributed by atoms with Gasteiger partial charge in [-0.15, -0.1) is 0 Å². The number of hydrogen-bond acceptors (Lipinski definition) is 3. The fourth-order valence-electron chi connectivity index (χ4n) is 3.49. The van der Waals surface area contributed by atoms with Gasteiger partial charge in [0, 0.05) is 18.3 Å². The van der Waals surface area contributed by atoms with E-state index in [4.69, 9.17) is 4.74 Å². The number of carbonyl (C=O) groups excluding carboxylic acids is 1. The van der Waals surface area contributed by atoms with Crippen molar-refractivity contribution in [3.63, 3.8) is 0 Å². The zero-order valence-electron chi connectivity index (χ0n) is 12.8. The minimum atomic E-state index is -0.430. The maximum atomic E-state index is 12.4. The van der Waals surface area contributed by atoms with Gasteiger partial charge < -0.3 is 9.64 Å². The number of aromatic nitrogens is 2. The Morgan fingerprint density at radius 2 is 1.90 bits per heavy atom. The first-order chi connectivity index (χ1) is 9.83. The normalized spacial score (nSPS) is 28.8. The van der Waals surface area contributed by atoms with Crippen LogP contribution in [0.15, 0.2) is 16.9 Å². The first kappa shape index (κ1) is 14.9. The van der Waals surface area contributed by atoms with Crippen LogP contribution in [0.4, 0.5) is 4.79 Å². The predicted octanol–water partition coefficient (Wildman–Crippen LogP) is 3.75. The molecule has 0 saturated carbocycles. The molecule has 2 saturated heterocycles. The van der Waals surface area contributed by atoms with Gasteiger partial charge in [-0.3, -0.25) is 4.68 Å². The maximum Gasteiger partial charge on any atom is 0.410 e. The van der Waals surface area contributed by atoms with E-state index >= 15 is 0 Å². The summed E-state index contributed by atoms with van der Waals surface area (Å²) in [5.74, 6) is 0. The van der Waals surface area contributed by atoms with Crippen LogP contribution < -0.4 is 0 Å². The molecule has 2 fully saturated rings. The lowest BCUT2D eigenvalue weighted by Crippen LogP contribution is -2.48. The van der Waals surface area contributed by atoms with Gasteiger partial charge in [-0.2, -0.15) is 5.10 Å². The Bertz CT molecular complexity index is 523. The van der Waals surface area contributed by atoms with Gasteiger partial charge in [-0.25, -0.2) is 4.79 Å². The lowest BCUT2D eigenvalue weighted by molar-refractivity contribution is 0.00232. The summed E-state index contributed by atoms with van der Waals surface area (Å²) in [4.78, 5) is 14.4. The molecule has 3 atom stereocenters. The molecule has 3 rings (SSSR count). The number of fused-ring (bicyclic) bond motifs is 2. The molecule has 1 aromatic heterocycles.